The quantitative estimate of drug-likeness (QED) is 0.176. The lowest BCUT2D eigenvalue weighted by molar-refractivity contribution is -0.384. The summed E-state index contributed by atoms with van der Waals surface area (Å²) < 4.78 is 2.14. The highest BCUT2D eigenvalue weighted by Crippen LogP contribution is 2.48. The van der Waals surface area contributed by atoms with Gasteiger partial charge in [0.2, 0.25) is 0 Å². The molecule has 0 N–H and O–H groups in total. The number of nitrogens with zero attached hydrogens (tertiary/aromatic N) is 5. The van der Waals surface area contributed by atoms with Gasteiger partial charge in [-0.3, -0.25) is 10.1 Å². The number of benzene rings is 3. The average molecular weight is 476 g/mol. The summed E-state index contributed by atoms with van der Waals surface area (Å²) in [7, 11) is 0. The van der Waals surface area contributed by atoms with Crippen LogP contribution in [0.1, 0.15) is 18.3 Å². The second-order valence-corrected chi connectivity index (χ2v) is 9.51. The molecule has 0 aliphatic carbocycles. The smallest absolute Gasteiger partial charge is 0.269 e. The van der Waals surface area contributed by atoms with Crippen molar-refractivity contribution in [2.24, 2.45) is 0 Å². The van der Waals surface area contributed by atoms with Crippen LogP contribution in [0.15, 0.2) is 87.7 Å². The molecule has 0 bridgehead atoms. The van der Waals surface area contributed by atoms with Gasteiger partial charge in [0.25, 0.3) is 5.69 Å². The van der Waals surface area contributed by atoms with Crippen LogP contribution in [0, 0.1) is 10.1 Å². The van der Waals surface area contributed by atoms with Crippen molar-refractivity contribution in [1.29, 1.82) is 0 Å². The maximum absolute atomic E-state index is 10.9. The first-order valence-corrected chi connectivity index (χ1v) is 12.4. The summed E-state index contributed by atoms with van der Waals surface area (Å²) in [5, 5.41) is 20.7. The van der Waals surface area contributed by atoms with Crippen LogP contribution in [0.25, 0.3) is 0 Å². The van der Waals surface area contributed by atoms with E-state index in [0.717, 1.165) is 23.1 Å². The number of anilines is 2. The van der Waals surface area contributed by atoms with Crippen LogP contribution < -0.4 is 4.90 Å². The summed E-state index contributed by atoms with van der Waals surface area (Å²) in [6.07, 6.45) is 0. The van der Waals surface area contributed by atoms with Gasteiger partial charge >= 0.3 is 0 Å². The van der Waals surface area contributed by atoms with E-state index in [1.165, 1.54) is 33.3 Å². The van der Waals surface area contributed by atoms with Crippen molar-refractivity contribution in [1.82, 2.24) is 14.8 Å². The van der Waals surface area contributed by atoms with Crippen molar-refractivity contribution >= 4 is 40.6 Å². The van der Waals surface area contributed by atoms with Crippen LogP contribution in [0.4, 0.5) is 17.1 Å². The lowest BCUT2D eigenvalue weighted by Crippen LogP contribution is -2.22. The predicted molar refractivity (Wildman–Crippen MR) is 131 cm³/mol. The highest BCUT2D eigenvalue weighted by atomic mass is 32.2. The van der Waals surface area contributed by atoms with Crippen LogP contribution in [0.3, 0.4) is 0 Å². The zero-order valence-corrected chi connectivity index (χ0v) is 19.6. The molecule has 0 radical (unpaired) electrons. The molecule has 0 saturated carbocycles. The van der Waals surface area contributed by atoms with Crippen molar-refractivity contribution in [3.63, 3.8) is 0 Å². The molecule has 2 heterocycles. The largest absolute Gasteiger partial charge is 0.332 e. The third-order valence-corrected chi connectivity index (χ3v) is 7.62. The summed E-state index contributed by atoms with van der Waals surface area (Å²) in [5.74, 6) is 1.57. The third kappa shape index (κ3) is 4.34. The van der Waals surface area contributed by atoms with E-state index in [-0.39, 0.29) is 10.6 Å². The molecule has 9 heteroatoms. The number of nitro groups is 1. The monoisotopic (exact) mass is 475 g/mol. The predicted octanol–water partition coefficient (Wildman–Crippen LogP) is 6.30. The Morgan fingerprint density at radius 2 is 1.58 bits per heavy atom. The van der Waals surface area contributed by atoms with Gasteiger partial charge in [0.1, 0.15) is 0 Å². The Hall–Kier alpha value is -3.30. The Kier molecular flexibility index (Phi) is 6.06. The van der Waals surface area contributed by atoms with E-state index >= 15 is 0 Å². The van der Waals surface area contributed by atoms with E-state index in [0.29, 0.717) is 12.3 Å². The molecule has 1 aliphatic heterocycles. The number of hydrogen-bond donors (Lipinski definition) is 0. The van der Waals surface area contributed by atoms with Gasteiger partial charge in [0.15, 0.2) is 11.0 Å². The van der Waals surface area contributed by atoms with E-state index < -0.39 is 0 Å². The lowest BCUT2D eigenvalue weighted by atomic mass is 10.2. The van der Waals surface area contributed by atoms with Gasteiger partial charge in [0, 0.05) is 34.2 Å². The van der Waals surface area contributed by atoms with E-state index in [9.17, 15) is 10.1 Å². The molecule has 33 heavy (non-hydrogen) atoms. The molecule has 166 valence electrons. The fraction of sp³-hybridized carbons (Fsp3) is 0.167. The fourth-order valence-corrected chi connectivity index (χ4v) is 5.89. The molecular weight excluding hydrogens is 454 g/mol. The molecule has 0 atom stereocenters. The van der Waals surface area contributed by atoms with E-state index in [2.05, 4.69) is 75.1 Å². The van der Waals surface area contributed by atoms with E-state index in [1.807, 2.05) is 0 Å². The van der Waals surface area contributed by atoms with Crippen LogP contribution in [0.5, 0.6) is 0 Å². The number of rotatable bonds is 7. The number of aromatic nitrogens is 3. The van der Waals surface area contributed by atoms with Gasteiger partial charge in [-0.05, 0) is 36.8 Å². The topological polar surface area (TPSA) is 77.1 Å². The fourth-order valence-electron chi connectivity index (χ4n) is 3.82. The number of fused-ring (bicyclic) bond motifs is 2. The molecule has 1 aromatic heterocycles. The molecule has 0 saturated heterocycles. The molecule has 3 aromatic carbocycles. The number of thioether (sulfide) groups is 1. The van der Waals surface area contributed by atoms with Crippen LogP contribution in [-0.2, 0) is 18.8 Å². The first-order valence-electron chi connectivity index (χ1n) is 10.6. The first kappa shape index (κ1) is 21.5. The first-order chi connectivity index (χ1) is 16.1. The Morgan fingerprint density at radius 3 is 2.18 bits per heavy atom. The molecule has 7 nitrogen and oxygen atoms in total. The second-order valence-electron chi connectivity index (χ2n) is 7.48. The molecule has 4 aromatic rings. The van der Waals surface area contributed by atoms with Crippen molar-refractivity contribution in [2.75, 3.05) is 4.90 Å². The van der Waals surface area contributed by atoms with E-state index in [1.54, 1.807) is 35.7 Å². The van der Waals surface area contributed by atoms with Gasteiger partial charge < -0.3 is 9.47 Å². The molecule has 0 spiro atoms. The molecular formula is C24H21N5O2S2. The SMILES string of the molecule is CCn1c(CN2c3ccccc3Sc3ccccc32)nnc1SCc1ccc([N+](=O)[O-])cc1. The second kappa shape index (κ2) is 9.29. The normalized spacial score (nSPS) is 12.3. The standard InChI is InChI=1S/C24H21N5O2S2/c1-2-27-23(25-26-24(27)32-16-17-11-13-18(14-12-17)29(30)31)15-28-19-7-3-5-9-21(19)33-22-10-6-4-8-20(22)28/h3-14H,2,15-16H2,1H3. The Morgan fingerprint density at radius 1 is 0.939 bits per heavy atom. The Balaban J connectivity index is 1.39. The Labute approximate surface area is 200 Å². The summed E-state index contributed by atoms with van der Waals surface area (Å²) in [5.41, 5.74) is 3.45. The minimum atomic E-state index is -0.383. The molecule has 0 fully saturated rings. The zero-order chi connectivity index (χ0) is 22.8. The van der Waals surface area contributed by atoms with Crippen LogP contribution >= 0.6 is 23.5 Å². The minimum Gasteiger partial charge on any atom is -0.332 e. The van der Waals surface area contributed by atoms with Gasteiger partial charge in [-0.25, -0.2) is 0 Å². The maximum Gasteiger partial charge on any atom is 0.269 e. The van der Waals surface area contributed by atoms with Crippen molar-refractivity contribution in [3.05, 3.63) is 94.3 Å². The average Bonchev–Trinajstić information content (AvgIpc) is 3.24. The zero-order valence-electron chi connectivity index (χ0n) is 17.9. The van der Waals surface area contributed by atoms with Gasteiger partial charge in [0.05, 0.1) is 22.8 Å². The van der Waals surface area contributed by atoms with Gasteiger partial charge in [-0.15, -0.1) is 10.2 Å². The third-order valence-electron chi connectivity index (χ3n) is 5.46. The summed E-state index contributed by atoms with van der Waals surface area (Å²) in [6, 6.07) is 23.5. The summed E-state index contributed by atoms with van der Waals surface area (Å²) >= 11 is 3.38. The van der Waals surface area contributed by atoms with Crippen LogP contribution in [-0.4, -0.2) is 19.7 Å². The maximum atomic E-state index is 10.9. The number of hydrogen-bond acceptors (Lipinski definition) is 7. The molecule has 1 aliphatic rings. The molecule has 0 unspecified atom stereocenters. The minimum absolute atomic E-state index is 0.100. The van der Waals surface area contributed by atoms with Crippen molar-refractivity contribution < 1.29 is 4.92 Å². The highest BCUT2D eigenvalue weighted by Gasteiger charge is 2.25. The molecule has 0 amide bonds. The number of para-hydroxylation sites is 2. The number of non-ortho nitro benzene ring substituents is 1. The summed E-state index contributed by atoms with van der Waals surface area (Å²) in [4.78, 5) is 15.3. The van der Waals surface area contributed by atoms with Gasteiger partial charge in [-0.2, -0.15) is 0 Å². The van der Waals surface area contributed by atoms with Crippen LogP contribution in [0.2, 0.25) is 0 Å². The molecule has 5 rings (SSSR count). The Bertz CT molecular complexity index is 1260. The van der Waals surface area contributed by atoms with E-state index in [4.69, 9.17) is 0 Å². The van der Waals surface area contributed by atoms with Gasteiger partial charge in [-0.1, -0.05) is 59.9 Å². The lowest BCUT2D eigenvalue weighted by Gasteiger charge is -2.32. The van der Waals surface area contributed by atoms with Crippen molar-refractivity contribution in [3.8, 4) is 0 Å². The number of nitro benzene ring substituents is 1. The summed E-state index contributed by atoms with van der Waals surface area (Å²) in [6.45, 7) is 3.47. The highest BCUT2D eigenvalue weighted by molar-refractivity contribution is 7.99. The van der Waals surface area contributed by atoms with Crippen molar-refractivity contribution in [2.45, 2.75) is 40.7 Å².